The van der Waals surface area contributed by atoms with Crippen LogP contribution < -0.4 is 0 Å². The van der Waals surface area contributed by atoms with E-state index >= 15 is 0 Å². The van der Waals surface area contributed by atoms with Gasteiger partial charge in [0.1, 0.15) is 4.60 Å². The molecule has 14 heavy (non-hydrogen) atoms. The summed E-state index contributed by atoms with van der Waals surface area (Å²) in [6.45, 7) is 0. The topological polar surface area (TPSA) is 43.1 Å². The van der Waals surface area contributed by atoms with Gasteiger partial charge in [0.2, 0.25) is 5.78 Å². The van der Waals surface area contributed by atoms with Gasteiger partial charge in [-0.2, -0.15) is 0 Å². The second kappa shape index (κ2) is 3.75. The minimum atomic E-state index is -0.157. The molecule has 0 aliphatic carbocycles. The standard InChI is InChI=1S/C10H6BrNO2/c11-9-4-3-7(6-12-9)10(13)8-2-1-5-14-8/h1-6H. The molecule has 0 saturated heterocycles. The number of carbonyl (C=O) groups is 1. The molecule has 0 aliphatic rings. The van der Waals surface area contributed by atoms with Crippen molar-refractivity contribution in [2.24, 2.45) is 0 Å². The molecule has 2 aromatic heterocycles. The molecule has 0 saturated carbocycles. The van der Waals surface area contributed by atoms with Crippen LogP contribution in [0.25, 0.3) is 0 Å². The monoisotopic (exact) mass is 251 g/mol. The Bertz CT molecular complexity index is 434. The molecule has 0 radical (unpaired) electrons. The molecule has 0 atom stereocenters. The first-order chi connectivity index (χ1) is 6.77. The van der Waals surface area contributed by atoms with Crippen molar-refractivity contribution in [3.63, 3.8) is 0 Å². The van der Waals surface area contributed by atoms with E-state index in [0.717, 1.165) is 0 Å². The van der Waals surface area contributed by atoms with Crippen LogP contribution in [0.2, 0.25) is 0 Å². The molecule has 0 bridgehead atoms. The van der Waals surface area contributed by atoms with Crippen LogP contribution >= 0.6 is 15.9 Å². The normalized spacial score (nSPS) is 10.1. The molecule has 70 valence electrons. The van der Waals surface area contributed by atoms with Gasteiger partial charge < -0.3 is 4.42 Å². The van der Waals surface area contributed by atoms with Crippen LogP contribution in [0.4, 0.5) is 0 Å². The van der Waals surface area contributed by atoms with Gasteiger partial charge in [-0.25, -0.2) is 4.98 Å². The maximum absolute atomic E-state index is 11.7. The molecular weight excluding hydrogens is 246 g/mol. The highest BCUT2D eigenvalue weighted by Gasteiger charge is 2.11. The molecule has 0 aromatic carbocycles. The molecule has 2 aromatic rings. The Kier molecular flexibility index (Phi) is 2.45. The van der Waals surface area contributed by atoms with Crippen molar-refractivity contribution in [1.82, 2.24) is 4.98 Å². The van der Waals surface area contributed by atoms with Crippen LogP contribution in [0.5, 0.6) is 0 Å². The largest absolute Gasteiger partial charge is 0.461 e. The zero-order chi connectivity index (χ0) is 9.97. The number of aromatic nitrogens is 1. The number of ketones is 1. The highest BCUT2D eigenvalue weighted by atomic mass is 79.9. The minimum absolute atomic E-state index is 0.157. The molecule has 0 N–H and O–H groups in total. The summed E-state index contributed by atoms with van der Waals surface area (Å²) in [5.74, 6) is 0.170. The van der Waals surface area contributed by atoms with Crippen molar-refractivity contribution in [2.75, 3.05) is 0 Å². The Hall–Kier alpha value is -1.42. The van der Waals surface area contributed by atoms with E-state index in [-0.39, 0.29) is 5.78 Å². The lowest BCUT2D eigenvalue weighted by molar-refractivity contribution is 0.101. The Balaban J connectivity index is 2.33. The Morgan fingerprint density at radius 3 is 2.79 bits per heavy atom. The first-order valence-corrected chi connectivity index (χ1v) is 4.76. The van der Waals surface area contributed by atoms with Gasteiger partial charge in [-0.3, -0.25) is 4.79 Å². The third-order valence-electron chi connectivity index (χ3n) is 1.73. The fourth-order valence-electron chi connectivity index (χ4n) is 1.06. The second-order valence-corrected chi connectivity index (χ2v) is 3.49. The second-order valence-electron chi connectivity index (χ2n) is 2.68. The predicted octanol–water partition coefficient (Wildman–Crippen LogP) is 2.67. The van der Waals surface area contributed by atoms with Gasteiger partial charge in [-0.1, -0.05) is 0 Å². The maximum Gasteiger partial charge on any atom is 0.229 e. The zero-order valence-electron chi connectivity index (χ0n) is 7.11. The molecule has 0 aliphatic heterocycles. The number of rotatable bonds is 2. The molecule has 4 heteroatoms. The average Bonchev–Trinajstić information content (AvgIpc) is 2.71. The van der Waals surface area contributed by atoms with Gasteiger partial charge in [0, 0.05) is 11.8 Å². The van der Waals surface area contributed by atoms with Gasteiger partial charge in [0.25, 0.3) is 0 Å². The van der Waals surface area contributed by atoms with Gasteiger partial charge in [-0.15, -0.1) is 0 Å². The fourth-order valence-corrected chi connectivity index (χ4v) is 1.29. The lowest BCUT2D eigenvalue weighted by Gasteiger charge is -1.96. The summed E-state index contributed by atoms with van der Waals surface area (Å²) in [4.78, 5) is 15.6. The summed E-state index contributed by atoms with van der Waals surface area (Å²) < 4.78 is 5.69. The Morgan fingerprint density at radius 1 is 1.36 bits per heavy atom. The number of halogens is 1. The number of furan rings is 1. The summed E-state index contributed by atoms with van der Waals surface area (Å²) in [7, 11) is 0. The average molecular weight is 252 g/mol. The summed E-state index contributed by atoms with van der Waals surface area (Å²) in [5, 5.41) is 0. The summed E-state index contributed by atoms with van der Waals surface area (Å²) in [6, 6.07) is 6.72. The van der Waals surface area contributed by atoms with Crippen LogP contribution in [0.1, 0.15) is 16.1 Å². The number of hydrogen-bond donors (Lipinski definition) is 0. The van der Waals surface area contributed by atoms with Gasteiger partial charge in [0.15, 0.2) is 5.76 Å². The lowest BCUT2D eigenvalue weighted by atomic mass is 10.1. The SMILES string of the molecule is O=C(c1ccc(Br)nc1)c1ccco1. The highest BCUT2D eigenvalue weighted by molar-refractivity contribution is 9.10. The van der Waals surface area contributed by atoms with Gasteiger partial charge in [0.05, 0.1) is 6.26 Å². The van der Waals surface area contributed by atoms with E-state index in [4.69, 9.17) is 4.42 Å². The molecule has 2 heterocycles. The van der Waals surface area contributed by atoms with E-state index in [0.29, 0.717) is 15.9 Å². The van der Waals surface area contributed by atoms with Crippen molar-refractivity contribution in [1.29, 1.82) is 0 Å². The fraction of sp³-hybridized carbons (Fsp3) is 0. The van der Waals surface area contributed by atoms with Crippen LogP contribution in [0.15, 0.2) is 45.7 Å². The van der Waals surface area contributed by atoms with Crippen molar-refractivity contribution in [3.05, 3.63) is 52.7 Å². The molecule has 0 spiro atoms. The number of nitrogens with zero attached hydrogens (tertiary/aromatic N) is 1. The summed E-state index contributed by atoms with van der Waals surface area (Å²) in [5.41, 5.74) is 0.517. The van der Waals surface area contributed by atoms with Crippen molar-refractivity contribution < 1.29 is 9.21 Å². The number of carbonyl (C=O) groups excluding carboxylic acids is 1. The van der Waals surface area contributed by atoms with E-state index in [9.17, 15) is 4.79 Å². The Morgan fingerprint density at radius 2 is 2.21 bits per heavy atom. The van der Waals surface area contributed by atoms with Crippen LogP contribution in [-0.2, 0) is 0 Å². The number of hydrogen-bond acceptors (Lipinski definition) is 3. The molecule has 0 amide bonds. The molecule has 2 rings (SSSR count). The Labute approximate surface area is 88.9 Å². The van der Waals surface area contributed by atoms with E-state index in [2.05, 4.69) is 20.9 Å². The van der Waals surface area contributed by atoms with E-state index in [1.54, 1.807) is 24.3 Å². The molecule has 3 nitrogen and oxygen atoms in total. The number of pyridine rings is 1. The quantitative estimate of drug-likeness (QED) is 0.609. The third-order valence-corrected chi connectivity index (χ3v) is 2.20. The van der Waals surface area contributed by atoms with Crippen molar-refractivity contribution >= 4 is 21.7 Å². The van der Waals surface area contributed by atoms with Crippen LogP contribution in [0, 0.1) is 0 Å². The summed E-state index contributed by atoms with van der Waals surface area (Å²) in [6.07, 6.45) is 2.98. The first kappa shape index (κ1) is 9.15. The van der Waals surface area contributed by atoms with E-state index in [1.165, 1.54) is 12.5 Å². The van der Waals surface area contributed by atoms with E-state index < -0.39 is 0 Å². The first-order valence-electron chi connectivity index (χ1n) is 3.97. The van der Waals surface area contributed by atoms with E-state index in [1.807, 2.05) is 0 Å². The van der Waals surface area contributed by atoms with Gasteiger partial charge in [-0.05, 0) is 40.2 Å². The minimum Gasteiger partial charge on any atom is -0.461 e. The zero-order valence-corrected chi connectivity index (χ0v) is 8.69. The lowest BCUT2D eigenvalue weighted by Crippen LogP contribution is -1.99. The molecular formula is C10H6BrNO2. The third kappa shape index (κ3) is 1.75. The van der Waals surface area contributed by atoms with Crippen molar-refractivity contribution in [2.45, 2.75) is 0 Å². The van der Waals surface area contributed by atoms with Gasteiger partial charge >= 0.3 is 0 Å². The highest BCUT2D eigenvalue weighted by Crippen LogP contribution is 2.11. The van der Waals surface area contributed by atoms with Crippen LogP contribution in [0.3, 0.4) is 0 Å². The van der Waals surface area contributed by atoms with Crippen molar-refractivity contribution in [3.8, 4) is 0 Å². The molecule has 0 unspecified atom stereocenters. The maximum atomic E-state index is 11.7. The predicted molar refractivity (Wildman–Crippen MR) is 54.1 cm³/mol. The molecule has 0 fully saturated rings. The van der Waals surface area contributed by atoms with Crippen LogP contribution in [-0.4, -0.2) is 10.8 Å². The smallest absolute Gasteiger partial charge is 0.229 e. The summed E-state index contributed by atoms with van der Waals surface area (Å²) >= 11 is 3.20.